The van der Waals surface area contributed by atoms with Crippen LogP contribution in [0.2, 0.25) is 0 Å². The zero-order valence-corrected chi connectivity index (χ0v) is 15.4. The molecule has 1 aromatic heterocycles. The van der Waals surface area contributed by atoms with Crippen molar-refractivity contribution in [3.63, 3.8) is 0 Å². The largest absolute Gasteiger partial charge is 0.486 e. The van der Waals surface area contributed by atoms with Crippen molar-refractivity contribution in [2.24, 2.45) is 0 Å². The number of nitrogens with zero attached hydrogens (tertiary/aromatic N) is 2. The Morgan fingerprint density at radius 1 is 1.28 bits per heavy atom. The molecule has 2 heterocycles. The second-order valence-corrected chi connectivity index (χ2v) is 7.08. The second kappa shape index (κ2) is 7.77. The van der Waals surface area contributed by atoms with Gasteiger partial charge >= 0.3 is 0 Å². The average molecular weight is 362 g/mol. The summed E-state index contributed by atoms with van der Waals surface area (Å²) < 4.78 is 11.1. The molecule has 134 valence electrons. The number of aromatic amines is 1. The van der Waals surface area contributed by atoms with E-state index in [1.165, 1.54) is 11.8 Å². The highest BCUT2D eigenvalue weighted by Crippen LogP contribution is 2.32. The molecule has 2 N–H and O–H groups in total. The number of amides is 1. The first-order valence-electron chi connectivity index (χ1n) is 8.27. The molecule has 0 bridgehead atoms. The zero-order chi connectivity index (χ0) is 17.8. The molecule has 0 aliphatic carbocycles. The molecule has 1 amide bonds. The monoisotopic (exact) mass is 362 g/mol. The van der Waals surface area contributed by atoms with E-state index in [0.717, 1.165) is 22.9 Å². The highest BCUT2D eigenvalue weighted by atomic mass is 32.2. The molecule has 2 aromatic rings. The van der Waals surface area contributed by atoms with E-state index in [1.807, 2.05) is 39.0 Å². The van der Waals surface area contributed by atoms with Gasteiger partial charge in [-0.3, -0.25) is 9.89 Å². The van der Waals surface area contributed by atoms with Crippen LogP contribution >= 0.6 is 11.8 Å². The molecule has 0 radical (unpaired) electrons. The van der Waals surface area contributed by atoms with E-state index in [4.69, 9.17) is 9.47 Å². The molecule has 1 aliphatic rings. The van der Waals surface area contributed by atoms with E-state index in [-0.39, 0.29) is 23.6 Å². The average Bonchev–Trinajstić information content (AvgIpc) is 3.09. The number of rotatable bonds is 6. The van der Waals surface area contributed by atoms with Gasteiger partial charge in [0.25, 0.3) is 0 Å². The number of carbonyl (C=O) groups is 1. The maximum Gasteiger partial charge on any atom is 0.230 e. The van der Waals surface area contributed by atoms with E-state index in [9.17, 15) is 4.79 Å². The van der Waals surface area contributed by atoms with Crippen molar-refractivity contribution in [3.8, 4) is 11.5 Å². The summed E-state index contributed by atoms with van der Waals surface area (Å²) in [5, 5.41) is 10.6. The van der Waals surface area contributed by atoms with Crippen LogP contribution in [0, 0.1) is 0 Å². The van der Waals surface area contributed by atoms with Gasteiger partial charge in [0.1, 0.15) is 19.0 Å². The van der Waals surface area contributed by atoms with Crippen LogP contribution in [0.4, 0.5) is 0 Å². The first-order valence-corrected chi connectivity index (χ1v) is 9.25. The van der Waals surface area contributed by atoms with Gasteiger partial charge in [-0.15, -0.1) is 5.10 Å². The van der Waals surface area contributed by atoms with Gasteiger partial charge in [-0.1, -0.05) is 31.7 Å². The Hall–Kier alpha value is -2.22. The number of ether oxygens (including phenoxy) is 2. The minimum Gasteiger partial charge on any atom is -0.486 e. The highest BCUT2D eigenvalue weighted by molar-refractivity contribution is 7.99. The lowest BCUT2D eigenvalue weighted by atomic mass is 10.1. The number of benzene rings is 1. The van der Waals surface area contributed by atoms with Crippen LogP contribution in [0.25, 0.3) is 0 Å². The Kier molecular flexibility index (Phi) is 5.47. The number of thioether (sulfide) groups is 1. The minimum absolute atomic E-state index is 0.0664. The van der Waals surface area contributed by atoms with Crippen molar-refractivity contribution in [1.29, 1.82) is 0 Å². The number of aromatic nitrogens is 3. The predicted octanol–water partition coefficient (Wildman–Crippen LogP) is 2.67. The summed E-state index contributed by atoms with van der Waals surface area (Å²) in [6, 6.07) is 5.61. The van der Waals surface area contributed by atoms with E-state index in [1.54, 1.807) is 0 Å². The van der Waals surface area contributed by atoms with Gasteiger partial charge in [0.2, 0.25) is 11.1 Å². The van der Waals surface area contributed by atoms with Gasteiger partial charge in [0, 0.05) is 5.92 Å². The van der Waals surface area contributed by atoms with Crippen molar-refractivity contribution in [2.75, 3.05) is 19.0 Å². The summed E-state index contributed by atoms with van der Waals surface area (Å²) in [5.41, 5.74) is 0.975. The number of H-pyrrole nitrogens is 1. The lowest BCUT2D eigenvalue weighted by Crippen LogP contribution is -2.28. The Morgan fingerprint density at radius 3 is 2.76 bits per heavy atom. The standard InChI is InChI=1S/C17H22N4O3S/c1-10(2)16-19-17(21-20-16)25-9-15(22)18-11(3)12-4-5-13-14(8-12)24-7-6-23-13/h4-5,8,10-11H,6-7,9H2,1-3H3,(H,18,22)(H,19,20,21). The van der Waals surface area contributed by atoms with E-state index in [0.29, 0.717) is 18.4 Å². The van der Waals surface area contributed by atoms with Crippen LogP contribution in [0.3, 0.4) is 0 Å². The van der Waals surface area contributed by atoms with Gasteiger partial charge in [-0.2, -0.15) is 0 Å². The number of hydrogen-bond acceptors (Lipinski definition) is 6. The van der Waals surface area contributed by atoms with Gasteiger partial charge < -0.3 is 14.8 Å². The summed E-state index contributed by atoms with van der Waals surface area (Å²) in [7, 11) is 0. The Morgan fingerprint density at radius 2 is 2.04 bits per heavy atom. The molecule has 1 aromatic carbocycles. The third-order valence-corrected chi connectivity index (χ3v) is 4.65. The summed E-state index contributed by atoms with van der Waals surface area (Å²) in [6.45, 7) is 7.13. The smallest absolute Gasteiger partial charge is 0.230 e. The van der Waals surface area contributed by atoms with Crippen LogP contribution < -0.4 is 14.8 Å². The van der Waals surface area contributed by atoms with Crippen LogP contribution in [0.15, 0.2) is 23.4 Å². The summed E-state index contributed by atoms with van der Waals surface area (Å²) in [6.07, 6.45) is 0. The van der Waals surface area contributed by atoms with Crippen molar-refractivity contribution in [1.82, 2.24) is 20.5 Å². The quantitative estimate of drug-likeness (QED) is 0.768. The topological polar surface area (TPSA) is 89.1 Å². The number of nitrogens with one attached hydrogen (secondary N) is 2. The molecular formula is C17H22N4O3S. The minimum atomic E-state index is -0.123. The summed E-state index contributed by atoms with van der Waals surface area (Å²) in [5.74, 6) is 2.78. The third-order valence-electron chi connectivity index (χ3n) is 3.81. The molecule has 25 heavy (non-hydrogen) atoms. The van der Waals surface area contributed by atoms with Gasteiger partial charge in [-0.05, 0) is 24.6 Å². The molecule has 1 atom stereocenters. The van der Waals surface area contributed by atoms with Gasteiger partial charge in [0.05, 0.1) is 11.8 Å². The summed E-state index contributed by atoms with van der Waals surface area (Å²) in [4.78, 5) is 16.5. The van der Waals surface area contributed by atoms with Gasteiger partial charge in [0.15, 0.2) is 11.5 Å². The van der Waals surface area contributed by atoms with Crippen LogP contribution in [-0.4, -0.2) is 40.1 Å². The molecule has 7 nitrogen and oxygen atoms in total. The predicted molar refractivity (Wildman–Crippen MR) is 95.2 cm³/mol. The molecule has 0 fully saturated rings. The fourth-order valence-electron chi connectivity index (χ4n) is 2.41. The SMILES string of the molecule is CC(C)c1nc(SCC(=O)NC(C)c2ccc3c(c2)OCCO3)n[nH]1. The Balaban J connectivity index is 1.53. The molecule has 1 unspecified atom stereocenters. The first-order chi connectivity index (χ1) is 12.0. The second-order valence-electron chi connectivity index (χ2n) is 6.14. The van der Waals surface area contributed by atoms with Crippen LogP contribution in [0.1, 0.15) is 44.1 Å². The Labute approximate surface area is 150 Å². The van der Waals surface area contributed by atoms with E-state index in [2.05, 4.69) is 20.5 Å². The van der Waals surface area contributed by atoms with Crippen molar-refractivity contribution in [3.05, 3.63) is 29.6 Å². The summed E-state index contributed by atoms with van der Waals surface area (Å²) >= 11 is 1.32. The maximum atomic E-state index is 12.2. The number of hydrogen-bond donors (Lipinski definition) is 2. The maximum absolute atomic E-state index is 12.2. The Bertz CT molecular complexity index is 747. The molecule has 3 rings (SSSR count). The van der Waals surface area contributed by atoms with Crippen LogP contribution in [0.5, 0.6) is 11.5 Å². The highest BCUT2D eigenvalue weighted by Gasteiger charge is 2.16. The number of carbonyl (C=O) groups excluding carboxylic acids is 1. The van der Waals surface area contributed by atoms with Gasteiger partial charge in [-0.25, -0.2) is 4.98 Å². The van der Waals surface area contributed by atoms with Crippen molar-refractivity contribution in [2.45, 2.75) is 37.9 Å². The van der Waals surface area contributed by atoms with Crippen LogP contribution in [-0.2, 0) is 4.79 Å². The molecule has 1 aliphatic heterocycles. The number of fused-ring (bicyclic) bond motifs is 1. The zero-order valence-electron chi connectivity index (χ0n) is 14.5. The molecule has 0 spiro atoms. The lowest BCUT2D eigenvalue weighted by molar-refractivity contribution is -0.119. The fourth-order valence-corrected chi connectivity index (χ4v) is 3.02. The lowest BCUT2D eigenvalue weighted by Gasteiger charge is -2.21. The molecule has 0 saturated heterocycles. The molecular weight excluding hydrogens is 340 g/mol. The van der Waals surface area contributed by atoms with Crippen molar-refractivity contribution < 1.29 is 14.3 Å². The molecule has 0 saturated carbocycles. The first kappa shape index (κ1) is 17.6. The van der Waals surface area contributed by atoms with E-state index < -0.39 is 0 Å². The van der Waals surface area contributed by atoms with Crippen molar-refractivity contribution >= 4 is 17.7 Å². The fraction of sp³-hybridized carbons (Fsp3) is 0.471. The molecule has 8 heteroatoms. The van der Waals surface area contributed by atoms with E-state index >= 15 is 0 Å². The normalized spacial score (nSPS) is 14.4. The third kappa shape index (κ3) is 4.45.